The van der Waals surface area contributed by atoms with E-state index in [1.165, 1.54) is 12.2 Å². The highest BCUT2D eigenvalue weighted by Crippen LogP contribution is 2.33. The predicted molar refractivity (Wildman–Crippen MR) is 131 cm³/mol. The predicted octanol–water partition coefficient (Wildman–Crippen LogP) is 4.78. The third kappa shape index (κ3) is 8.10. The number of hydrogen-bond acceptors (Lipinski definition) is 8. The summed E-state index contributed by atoms with van der Waals surface area (Å²) in [6, 6.07) is 15.3. The Morgan fingerprint density at radius 1 is 0.686 bits per heavy atom. The van der Waals surface area contributed by atoms with Gasteiger partial charge in [0, 0.05) is 5.41 Å². The van der Waals surface area contributed by atoms with Crippen LogP contribution in [0.25, 0.3) is 0 Å². The lowest BCUT2D eigenvalue weighted by Gasteiger charge is -2.26. The molecule has 0 amide bonds. The van der Waals surface area contributed by atoms with Crippen LogP contribution in [0.5, 0.6) is 11.5 Å². The van der Waals surface area contributed by atoms with Crippen LogP contribution in [0.2, 0.25) is 0 Å². The molecule has 8 heteroatoms. The number of aliphatic hydroxyl groups is 2. The molecule has 0 heterocycles. The maximum Gasteiger partial charge on any atom is 0.373 e. The van der Waals surface area contributed by atoms with Crippen molar-refractivity contribution in [3.63, 3.8) is 0 Å². The van der Waals surface area contributed by atoms with Crippen molar-refractivity contribution < 1.29 is 38.7 Å². The fourth-order valence-corrected chi connectivity index (χ4v) is 3.07. The summed E-state index contributed by atoms with van der Waals surface area (Å²) in [5.41, 5.74) is 1.88. The molecule has 0 aromatic heterocycles. The highest BCUT2D eigenvalue weighted by molar-refractivity contribution is 5.85. The van der Waals surface area contributed by atoms with E-state index < -0.39 is 23.5 Å². The lowest BCUT2D eigenvalue weighted by Crippen LogP contribution is -2.19. The molecule has 2 aromatic rings. The number of allylic oxidation sites excluding steroid dienone is 2. The molecular weight excluding hydrogens is 452 g/mol. The number of rotatable bonds is 12. The number of hydrogen-bond donors (Lipinski definition) is 2. The Kier molecular flexibility index (Phi) is 10.2. The van der Waals surface area contributed by atoms with E-state index >= 15 is 0 Å². The second-order valence-corrected chi connectivity index (χ2v) is 7.99. The SMILES string of the molecule is CC=C(O)C(=O)OCCOc1ccc(C(C)(C)c2ccc(OCCOC(=O)C(O)=CC)cc2)cc1. The fraction of sp³-hybridized carbons (Fsp3) is 0.333. The van der Waals surface area contributed by atoms with Crippen molar-refractivity contribution in [3.8, 4) is 11.5 Å². The summed E-state index contributed by atoms with van der Waals surface area (Å²) in [5, 5.41) is 18.5. The third-order valence-corrected chi connectivity index (χ3v) is 5.29. The number of benzene rings is 2. The summed E-state index contributed by atoms with van der Waals surface area (Å²) in [6.07, 6.45) is 2.53. The number of esters is 2. The Hall–Kier alpha value is -3.94. The number of aliphatic hydroxyl groups excluding tert-OH is 2. The normalized spacial score (nSPS) is 12.1. The minimum absolute atomic E-state index is 0.0269. The number of carbonyl (C=O) groups is 2. The van der Waals surface area contributed by atoms with Crippen molar-refractivity contribution in [1.82, 2.24) is 0 Å². The van der Waals surface area contributed by atoms with E-state index in [1.54, 1.807) is 13.8 Å². The van der Waals surface area contributed by atoms with Crippen LogP contribution >= 0.6 is 0 Å². The van der Waals surface area contributed by atoms with Crippen LogP contribution < -0.4 is 9.47 Å². The zero-order chi connectivity index (χ0) is 25.8. The standard InChI is InChI=1S/C27H32O8/c1-5-23(28)25(30)34-17-15-32-21-11-7-19(8-12-21)27(3,4)20-9-13-22(14-10-20)33-16-18-35-26(31)24(29)6-2/h5-14,28-29H,15-18H2,1-4H3. The highest BCUT2D eigenvalue weighted by Gasteiger charge is 2.23. The van der Waals surface area contributed by atoms with Gasteiger partial charge in [0.1, 0.15) is 37.9 Å². The van der Waals surface area contributed by atoms with Gasteiger partial charge in [0.25, 0.3) is 0 Å². The molecule has 0 unspecified atom stereocenters. The Bertz CT molecular complexity index is 950. The van der Waals surface area contributed by atoms with Gasteiger partial charge in [-0.15, -0.1) is 0 Å². The van der Waals surface area contributed by atoms with Crippen molar-refractivity contribution >= 4 is 11.9 Å². The summed E-state index contributed by atoms with van der Waals surface area (Å²) in [7, 11) is 0. The lowest BCUT2D eigenvalue weighted by molar-refractivity contribution is -0.143. The lowest BCUT2D eigenvalue weighted by atomic mass is 9.78. The maximum absolute atomic E-state index is 11.4. The van der Waals surface area contributed by atoms with Crippen LogP contribution in [0.1, 0.15) is 38.8 Å². The molecule has 0 radical (unpaired) electrons. The first kappa shape index (κ1) is 27.3. The van der Waals surface area contributed by atoms with E-state index in [-0.39, 0.29) is 31.8 Å². The van der Waals surface area contributed by atoms with Crippen molar-refractivity contribution in [2.75, 3.05) is 26.4 Å². The van der Waals surface area contributed by atoms with Crippen molar-refractivity contribution in [1.29, 1.82) is 0 Å². The zero-order valence-corrected chi connectivity index (χ0v) is 20.4. The second kappa shape index (κ2) is 13.1. The molecule has 188 valence electrons. The molecule has 2 N–H and O–H groups in total. The van der Waals surface area contributed by atoms with Crippen molar-refractivity contribution in [2.24, 2.45) is 0 Å². The quantitative estimate of drug-likeness (QED) is 0.192. The van der Waals surface area contributed by atoms with E-state index in [0.717, 1.165) is 11.1 Å². The molecule has 0 saturated heterocycles. The Labute approximate surface area is 205 Å². The van der Waals surface area contributed by atoms with Gasteiger partial charge < -0.3 is 29.2 Å². The van der Waals surface area contributed by atoms with Crippen LogP contribution in [0.15, 0.2) is 72.2 Å². The van der Waals surface area contributed by atoms with Gasteiger partial charge in [0.05, 0.1) is 0 Å². The van der Waals surface area contributed by atoms with E-state index in [0.29, 0.717) is 11.5 Å². The van der Waals surface area contributed by atoms with Crippen LogP contribution in [0.3, 0.4) is 0 Å². The molecule has 0 spiro atoms. The van der Waals surface area contributed by atoms with E-state index in [4.69, 9.17) is 18.9 Å². The van der Waals surface area contributed by atoms with E-state index in [9.17, 15) is 19.8 Å². The molecule has 35 heavy (non-hydrogen) atoms. The summed E-state index contributed by atoms with van der Waals surface area (Å²) in [6.45, 7) is 7.70. The highest BCUT2D eigenvalue weighted by atomic mass is 16.6. The molecule has 0 aliphatic carbocycles. The molecule has 0 fully saturated rings. The Morgan fingerprint density at radius 2 is 1.03 bits per heavy atom. The maximum atomic E-state index is 11.4. The molecule has 0 saturated carbocycles. The molecule has 0 bridgehead atoms. The minimum Gasteiger partial charge on any atom is -0.502 e. The zero-order valence-electron chi connectivity index (χ0n) is 20.4. The average molecular weight is 485 g/mol. The smallest absolute Gasteiger partial charge is 0.373 e. The first-order valence-electron chi connectivity index (χ1n) is 11.2. The Morgan fingerprint density at radius 3 is 1.34 bits per heavy atom. The molecule has 0 aliphatic rings. The molecular formula is C27H32O8. The van der Waals surface area contributed by atoms with Gasteiger partial charge in [0.15, 0.2) is 11.5 Å². The van der Waals surface area contributed by atoms with Crippen LogP contribution in [-0.2, 0) is 24.5 Å². The molecule has 8 nitrogen and oxygen atoms in total. The summed E-state index contributed by atoms with van der Waals surface area (Å²) in [4.78, 5) is 22.8. The van der Waals surface area contributed by atoms with Crippen LogP contribution in [-0.4, -0.2) is 48.6 Å². The Balaban J connectivity index is 1.86. The van der Waals surface area contributed by atoms with E-state index in [2.05, 4.69) is 13.8 Å². The number of carbonyl (C=O) groups excluding carboxylic acids is 2. The van der Waals surface area contributed by atoms with Crippen molar-refractivity contribution in [3.05, 3.63) is 83.3 Å². The van der Waals surface area contributed by atoms with Gasteiger partial charge in [0.2, 0.25) is 0 Å². The fourth-order valence-electron chi connectivity index (χ4n) is 3.07. The molecule has 0 aliphatic heterocycles. The molecule has 2 aromatic carbocycles. The van der Waals surface area contributed by atoms with Crippen molar-refractivity contribution in [2.45, 2.75) is 33.1 Å². The summed E-state index contributed by atoms with van der Waals surface area (Å²) in [5.74, 6) is -1.13. The van der Waals surface area contributed by atoms with Gasteiger partial charge in [-0.3, -0.25) is 0 Å². The molecule has 0 atom stereocenters. The van der Waals surface area contributed by atoms with Gasteiger partial charge in [-0.2, -0.15) is 0 Å². The van der Waals surface area contributed by atoms with Gasteiger partial charge >= 0.3 is 11.9 Å². The molecule has 2 rings (SSSR count). The van der Waals surface area contributed by atoms with Gasteiger partial charge in [-0.1, -0.05) is 38.1 Å². The van der Waals surface area contributed by atoms with Crippen LogP contribution in [0, 0.1) is 0 Å². The van der Waals surface area contributed by atoms with Gasteiger partial charge in [-0.05, 0) is 61.4 Å². The summed E-state index contributed by atoms with van der Waals surface area (Å²) >= 11 is 0. The first-order chi connectivity index (χ1) is 16.7. The topological polar surface area (TPSA) is 112 Å². The number of ether oxygens (including phenoxy) is 4. The van der Waals surface area contributed by atoms with Crippen LogP contribution in [0.4, 0.5) is 0 Å². The first-order valence-corrected chi connectivity index (χ1v) is 11.2. The van der Waals surface area contributed by atoms with E-state index in [1.807, 2.05) is 48.5 Å². The largest absolute Gasteiger partial charge is 0.502 e. The summed E-state index contributed by atoms with van der Waals surface area (Å²) < 4.78 is 21.0. The second-order valence-electron chi connectivity index (χ2n) is 7.99. The minimum atomic E-state index is -0.780. The van der Waals surface area contributed by atoms with Gasteiger partial charge in [-0.25, -0.2) is 9.59 Å². The average Bonchev–Trinajstić information content (AvgIpc) is 2.88. The monoisotopic (exact) mass is 484 g/mol. The third-order valence-electron chi connectivity index (χ3n) is 5.29.